The normalized spacial score (nSPS) is 25.5. The molecule has 2 amide bonds. The number of nitrogens with zero attached hydrogens (tertiary/aromatic N) is 1. The first-order valence-corrected chi connectivity index (χ1v) is 14.0. The molecule has 0 fully saturated rings. The maximum atomic E-state index is 14.0. The van der Waals surface area contributed by atoms with Crippen LogP contribution in [0.3, 0.4) is 0 Å². The number of methoxy groups -OCH3 is 1. The number of ketones is 2. The van der Waals surface area contributed by atoms with Crippen LogP contribution in [0.25, 0.3) is 5.57 Å². The molecular formula is C32H37N3O9. The first-order valence-electron chi connectivity index (χ1n) is 14.0. The zero-order valence-corrected chi connectivity index (χ0v) is 25.0. The predicted molar refractivity (Wildman–Crippen MR) is 160 cm³/mol. The summed E-state index contributed by atoms with van der Waals surface area (Å²) in [6.45, 7) is 6.09. The Morgan fingerprint density at radius 3 is 2.48 bits per heavy atom. The first kappa shape index (κ1) is 32.4. The summed E-state index contributed by atoms with van der Waals surface area (Å²) in [6, 6.07) is 1.84. The molecule has 44 heavy (non-hydrogen) atoms. The third-order valence-corrected chi connectivity index (χ3v) is 8.61. The summed E-state index contributed by atoms with van der Waals surface area (Å²) in [7, 11) is 4.65. The van der Waals surface area contributed by atoms with Gasteiger partial charge in [-0.05, 0) is 68.6 Å². The minimum absolute atomic E-state index is 0.0400. The van der Waals surface area contributed by atoms with Gasteiger partial charge in [-0.2, -0.15) is 0 Å². The van der Waals surface area contributed by atoms with E-state index >= 15 is 0 Å². The van der Waals surface area contributed by atoms with Crippen molar-refractivity contribution in [3.8, 4) is 5.75 Å². The van der Waals surface area contributed by atoms with Gasteiger partial charge in [0.25, 0.3) is 11.8 Å². The molecule has 1 aromatic rings. The average molecular weight is 608 g/mol. The maximum Gasteiger partial charge on any atom is 0.255 e. The molecule has 234 valence electrons. The van der Waals surface area contributed by atoms with Crippen molar-refractivity contribution < 1.29 is 44.3 Å². The highest BCUT2D eigenvalue weighted by Crippen LogP contribution is 2.52. The number of primary amides is 1. The van der Waals surface area contributed by atoms with Gasteiger partial charge in [0.1, 0.15) is 22.8 Å². The van der Waals surface area contributed by atoms with Crippen LogP contribution >= 0.6 is 0 Å². The molecule has 12 heteroatoms. The number of nitrogens with two attached hydrogens (primary N) is 1. The number of nitrogens with one attached hydrogen (secondary N) is 1. The van der Waals surface area contributed by atoms with Gasteiger partial charge in [-0.25, -0.2) is 0 Å². The maximum absolute atomic E-state index is 14.0. The number of phenols is 1. The summed E-state index contributed by atoms with van der Waals surface area (Å²) in [6.07, 6.45) is 4.80. The molecule has 0 saturated carbocycles. The zero-order valence-electron chi connectivity index (χ0n) is 25.0. The number of Topliss-reactive ketones (excluding diaryl/α,β-unsaturated/α-hetero) is 2. The number of aromatic hydroxyl groups is 1. The van der Waals surface area contributed by atoms with Crippen LogP contribution in [0.4, 0.5) is 0 Å². The average Bonchev–Trinajstić information content (AvgIpc) is 2.96. The predicted octanol–water partition coefficient (Wildman–Crippen LogP) is 1.40. The van der Waals surface area contributed by atoms with E-state index in [0.717, 1.165) is 0 Å². The number of carbonyl (C=O) groups excluding carboxylic acids is 4. The van der Waals surface area contributed by atoms with Gasteiger partial charge in [0.2, 0.25) is 5.78 Å². The number of likely N-dealkylation sites (N-methyl/N-ethyl adjacent to an activating group) is 1. The summed E-state index contributed by atoms with van der Waals surface area (Å²) in [5, 5.41) is 47.8. The smallest absolute Gasteiger partial charge is 0.255 e. The minimum atomic E-state index is -2.72. The number of benzene rings is 1. The topological polar surface area (TPSA) is 200 Å². The number of phenolic OH excluding ortho intramolecular Hbond substituents is 1. The number of ether oxygens (including phenoxy) is 1. The number of carbonyl (C=O) groups is 4. The third-order valence-electron chi connectivity index (χ3n) is 8.61. The third kappa shape index (κ3) is 5.04. The Morgan fingerprint density at radius 1 is 1.23 bits per heavy atom. The van der Waals surface area contributed by atoms with Gasteiger partial charge in [0.15, 0.2) is 11.4 Å². The lowest BCUT2D eigenvalue weighted by Gasteiger charge is -2.50. The van der Waals surface area contributed by atoms with Gasteiger partial charge in [0.05, 0.1) is 18.2 Å². The number of rotatable bonds is 9. The lowest BCUT2D eigenvalue weighted by molar-refractivity contribution is -0.148. The van der Waals surface area contributed by atoms with E-state index in [1.54, 1.807) is 39.2 Å². The van der Waals surface area contributed by atoms with Crippen LogP contribution in [-0.2, 0) is 25.5 Å². The Balaban J connectivity index is 1.87. The quantitative estimate of drug-likeness (QED) is 0.103. The highest BCUT2D eigenvalue weighted by Gasteiger charge is 2.63. The van der Waals surface area contributed by atoms with Gasteiger partial charge in [-0.15, -0.1) is 0 Å². The molecule has 0 spiro atoms. The molecule has 0 unspecified atom stereocenters. The van der Waals surface area contributed by atoms with E-state index in [-0.39, 0.29) is 47.8 Å². The summed E-state index contributed by atoms with van der Waals surface area (Å²) in [5.41, 5.74) is 3.21. The van der Waals surface area contributed by atoms with Crippen molar-refractivity contribution in [2.24, 2.45) is 17.6 Å². The van der Waals surface area contributed by atoms with Crippen LogP contribution in [-0.4, -0.2) is 94.7 Å². The highest BCUT2D eigenvalue weighted by molar-refractivity contribution is 6.25. The van der Waals surface area contributed by atoms with E-state index in [0.29, 0.717) is 23.3 Å². The Hall–Kier alpha value is -4.52. The van der Waals surface area contributed by atoms with E-state index in [4.69, 9.17) is 10.5 Å². The number of allylic oxidation sites excluding steroid dienone is 4. The fourth-order valence-corrected chi connectivity index (χ4v) is 6.59. The second kappa shape index (κ2) is 12.2. The zero-order chi connectivity index (χ0) is 32.7. The molecular weight excluding hydrogens is 570 g/mol. The Kier molecular flexibility index (Phi) is 9.00. The van der Waals surface area contributed by atoms with Gasteiger partial charge in [-0.3, -0.25) is 24.1 Å². The van der Waals surface area contributed by atoms with E-state index in [1.165, 1.54) is 24.2 Å². The number of fused-ring (bicyclic) bond motifs is 3. The van der Waals surface area contributed by atoms with Crippen molar-refractivity contribution in [1.29, 1.82) is 0 Å². The summed E-state index contributed by atoms with van der Waals surface area (Å²) < 4.78 is 4.98. The molecule has 0 radical (unpaired) electrons. The molecule has 3 aliphatic rings. The first-order chi connectivity index (χ1) is 20.8. The van der Waals surface area contributed by atoms with Crippen LogP contribution in [0.15, 0.2) is 65.2 Å². The Bertz CT molecular complexity index is 1580. The number of hydrogen-bond acceptors (Lipinski definition) is 10. The molecule has 0 aromatic heterocycles. The minimum Gasteiger partial charge on any atom is -0.510 e. The van der Waals surface area contributed by atoms with Gasteiger partial charge in [0, 0.05) is 30.7 Å². The fraction of sp³-hybridized carbons (Fsp3) is 0.375. The Labute approximate surface area is 254 Å². The van der Waals surface area contributed by atoms with E-state index in [9.17, 15) is 39.6 Å². The summed E-state index contributed by atoms with van der Waals surface area (Å²) >= 11 is 0. The second-order valence-electron chi connectivity index (χ2n) is 11.2. The van der Waals surface area contributed by atoms with Crippen LogP contribution in [0.5, 0.6) is 5.75 Å². The second-order valence-corrected chi connectivity index (χ2v) is 11.2. The SMILES string of the molecule is C=C/C(=C\C(=C/C)c1ccc(O)c2c1C[C@H]1C[C@H]3[C@H](N(C)C)C(O)=C(C(N)=O)C(=O)[C@@]3(O)C(O)=C1C2=O)C(=O)NCCOC. The van der Waals surface area contributed by atoms with Crippen molar-refractivity contribution in [3.63, 3.8) is 0 Å². The van der Waals surface area contributed by atoms with Crippen molar-refractivity contribution in [1.82, 2.24) is 10.2 Å². The van der Waals surface area contributed by atoms with Crippen molar-refractivity contribution in [2.75, 3.05) is 34.4 Å². The van der Waals surface area contributed by atoms with Crippen molar-refractivity contribution in [3.05, 3.63) is 81.9 Å². The molecule has 1 aromatic carbocycles. The molecule has 3 aliphatic carbocycles. The number of hydrogen-bond donors (Lipinski definition) is 6. The summed E-state index contributed by atoms with van der Waals surface area (Å²) in [4.78, 5) is 53.9. The lowest BCUT2D eigenvalue weighted by atomic mass is 9.58. The number of amides is 2. The van der Waals surface area contributed by atoms with Crippen LogP contribution in [0, 0.1) is 11.8 Å². The Morgan fingerprint density at radius 2 is 1.91 bits per heavy atom. The van der Waals surface area contributed by atoms with Crippen molar-refractivity contribution >= 4 is 29.0 Å². The van der Waals surface area contributed by atoms with Crippen LogP contribution in [0.1, 0.15) is 34.8 Å². The van der Waals surface area contributed by atoms with Crippen LogP contribution < -0.4 is 11.1 Å². The largest absolute Gasteiger partial charge is 0.510 e. The van der Waals surface area contributed by atoms with Gasteiger partial charge >= 0.3 is 0 Å². The van der Waals surface area contributed by atoms with Gasteiger partial charge < -0.3 is 36.2 Å². The van der Waals surface area contributed by atoms with Crippen molar-refractivity contribution in [2.45, 2.75) is 31.4 Å². The van der Waals surface area contributed by atoms with E-state index in [2.05, 4.69) is 11.9 Å². The fourth-order valence-electron chi connectivity index (χ4n) is 6.59. The molecule has 0 bridgehead atoms. The standard InChI is InChI=1S/C32H37N3O9/c1-6-15(12-16(7-2)31(42)34-10-11-44-5)18-8-9-21(36)23-19(18)13-17-14-20-25(35(3)4)27(38)24(30(33)41)29(40)32(20,43)28(39)22(17)26(23)37/h6-9,12,17,20,25,36,38-39,43H,2,10-11,13-14H2,1,3-5H3,(H2,33,41)(H,34,42)/b15-6+,16-12+/t17-,20-,25-,32-/m0/s1. The molecule has 4 rings (SSSR count). The van der Waals surface area contributed by atoms with E-state index < -0.39 is 58.0 Å². The van der Waals surface area contributed by atoms with E-state index in [1.807, 2.05) is 0 Å². The highest BCUT2D eigenvalue weighted by atomic mass is 16.5. The van der Waals surface area contributed by atoms with Crippen LogP contribution in [0.2, 0.25) is 0 Å². The molecule has 12 nitrogen and oxygen atoms in total. The molecule has 0 heterocycles. The molecule has 0 aliphatic heterocycles. The molecule has 7 N–H and O–H groups in total. The molecule has 4 atom stereocenters. The summed E-state index contributed by atoms with van der Waals surface area (Å²) in [5.74, 6) is -7.59. The lowest BCUT2D eigenvalue weighted by Crippen LogP contribution is -2.63. The number of aliphatic hydroxyl groups excluding tert-OH is 2. The monoisotopic (exact) mass is 607 g/mol. The molecule has 0 saturated heterocycles. The van der Waals surface area contributed by atoms with Gasteiger partial charge in [-0.1, -0.05) is 24.8 Å². The number of aliphatic hydroxyl groups is 3.